The zero-order chi connectivity index (χ0) is 20.6. The van der Waals surface area contributed by atoms with Crippen LogP contribution in [0.15, 0.2) is 48.8 Å². The van der Waals surface area contributed by atoms with Gasteiger partial charge in [-0.2, -0.15) is 4.73 Å². The smallest absolute Gasteiger partial charge is 0.257 e. The van der Waals surface area contributed by atoms with Crippen LogP contribution < -0.4 is 14.8 Å². The van der Waals surface area contributed by atoms with Crippen LogP contribution in [0.2, 0.25) is 0 Å². The largest absolute Gasteiger partial charge is 0.619 e. The van der Waals surface area contributed by atoms with E-state index in [1.54, 1.807) is 12.1 Å². The second kappa shape index (κ2) is 10.2. The van der Waals surface area contributed by atoms with Gasteiger partial charge in [-0.1, -0.05) is 18.2 Å². The number of pyridine rings is 1. The Hall–Kier alpha value is -2.64. The number of hydrogen-bond donors (Lipinski definition) is 1. The standard InChI is InChI=1S/C22H30N4O3/c1-18-15-25(13-12-24(18)2)16-19-7-3-4-9-21(19)29-14-6-10-23-22(27)20-8-5-11-26(28)17-20/h3-5,7-9,11,17-18H,6,10,12-16H2,1-2H3,(H,23,27). The van der Waals surface area contributed by atoms with Gasteiger partial charge in [0.1, 0.15) is 11.3 Å². The predicted octanol–water partition coefficient (Wildman–Crippen LogP) is 1.65. The van der Waals surface area contributed by atoms with E-state index in [0.29, 0.717) is 35.9 Å². The molecule has 1 fully saturated rings. The van der Waals surface area contributed by atoms with Crippen molar-refractivity contribution in [2.75, 3.05) is 39.8 Å². The summed E-state index contributed by atoms with van der Waals surface area (Å²) < 4.78 is 6.61. The Balaban J connectivity index is 1.43. The summed E-state index contributed by atoms with van der Waals surface area (Å²) in [5.74, 6) is 0.653. The number of benzene rings is 1. The molecule has 0 radical (unpaired) electrons. The highest BCUT2D eigenvalue weighted by atomic mass is 16.5. The van der Waals surface area contributed by atoms with E-state index in [4.69, 9.17) is 4.74 Å². The molecule has 7 heteroatoms. The maximum absolute atomic E-state index is 12.0. The number of likely N-dealkylation sites (N-methyl/N-ethyl adjacent to an activating group) is 1. The Kier molecular flexibility index (Phi) is 7.43. The van der Waals surface area contributed by atoms with Gasteiger partial charge >= 0.3 is 0 Å². The van der Waals surface area contributed by atoms with Crippen LogP contribution in [-0.2, 0) is 6.54 Å². The molecule has 1 aromatic carbocycles. The summed E-state index contributed by atoms with van der Waals surface area (Å²) in [5.41, 5.74) is 1.55. The van der Waals surface area contributed by atoms with Gasteiger partial charge < -0.3 is 20.2 Å². The van der Waals surface area contributed by atoms with Gasteiger partial charge in [0, 0.05) is 50.4 Å². The summed E-state index contributed by atoms with van der Waals surface area (Å²) in [6.45, 7) is 7.35. The van der Waals surface area contributed by atoms with Gasteiger partial charge in [0.15, 0.2) is 12.4 Å². The fraction of sp³-hybridized carbons (Fsp3) is 0.455. The number of nitrogens with one attached hydrogen (secondary N) is 1. The van der Waals surface area contributed by atoms with Gasteiger partial charge in [0.05, 0.1) is 6.61 Å². The molecular formula is C22H30N4O3. The minimum Gasteiger partial charge on any atom is -0.619 e. The molecule has 1 saturated heterocycles. The van der Waals surface area contributed by atoms with Gasteiger partial charge in [-0.05, 0) is 32.5 Å². The molecule has 1 aromatic heterocycles. The molecule has 1 atom stereocenters. The number of nitrogens with zero attached hydrogens (tertiary/aromatic N) is 3. The summed E-state index contributed by atoms with van der Waals surface area (Å²) >= 11 is 0. The monoisotopic (exact) mass is 398 g/mol. The first kappa shape index (κ1) is 21.1. The van der Waals surface area contributed by atoms with E-state index in [0.717, 1.165) is 31.9 Å². The number of piperazine rings is 1. The van der Waals surface area contributed by atoms with Crippen molar-refractivity contribution in [3.63, 3.8) is 0 Å². The molecular weight excluding hydrogens is 368 g/mol. The Morgan fingerprint density at radius 1 is 1.28 bits per heavy atom. The number of hydrogen-bond acceptors (Lipinski definition) is 5. The minimum absolute atomic E-state index is 0.250. The third-order valence-electron chi connectivity index (χ3n) is 5.31. The summed E-state index contributed by atoms with van der Waals surface area (Å²) in [7, 11) is 2.17. The van der Waals surface area contributed by atoms with E-state index in [1.807, 2.05) is 18.2 Å². The van der Waals surface area contributed by atoms with Gasteiger partial charge in [-0.15, -0.1) is 0 Å². The molecule has 0 aliphatic carbocycles. The van der Waals surface area contributed by atoms with Crippen molar-refractivity contribution in [2.24, 2.45) is 0 Å². The van der Waals surface area contributed by atoms with Crippen molar-refractivity contribution in [1.29, 1.82) is 0 Å². The van der Waals surface area contributed by atoms with Crippen LogP contribution in [0.3, 0.4) is 0 Å². The van der Waals surface area contributed by atoms with Crippen LogP contribution in [0, 0.1) is 5.21 Å². The molecule has 2 heterocycles. The topological polar surface area (TPSA) is 71.8 Å². The maximum Gasteiger partial charge on any atom is 0.257 e. The van der Waals surface area contributed by atoms with Crippen LogP contribution in [0.1, 0.15) is 29.3 Å². The van der Waals surface area contributed by atoms with E-state index < -0.39 is 0 Å². The number of rotatable bonds is 8. The lowest BCUT2D eigenvalue weighted by atomic mass is 10.1. The van der Waals surface area contributed by atoms with E-state index in [2.05, 4.69) is 35.2 Å². The Labute approximate surface area is 172 Å². The van der Waals surface area contributed by atoms with Gasteiger partial charge in [0.2, 0.25) is 0 Å². The van der Waals surface area contributed by atoms with Crippen molar-refractivity contribution >= 4 is 5.91 Å². The molecule has 29 heavy (non-hydrogen) atoms. The summed E-state index contributed by atoms with van der Waals surface area (Å²) in [4.78, 5) is 16.9. The summed E-state index contributed by atoms with van der Waals surface area (Å²) in [6, 6.07) is 11.9. The van der Waals surface area contributed by atoms with Crippen LogP contribution >= 0.6 is 0 Å². The lowest BCUT2D eigenvalue weighted by Gasteiger charge is -2.37. The molecule has 0 bridgehead atoms. The molecule has 1 aliphatic heterocycles. The first-order valence-corrected chi connectivity index (χ1v) is 10.1. The van der Waals surface area contributed by atoms with E-state index in [9.17, 15) is 10.0 Å². The SMILES string of the molecule is CC1CN(Cc2ccccc2OCCCNC(=O)c2ccc[n+]([O-])c2)CCN1C. The molecule has 0 saturated carbocycles. The average molecular weight is 399 g/mol. The molecule has 2 aromatic rings. The van der Waals surface area contributed by atoms with E-state index in [1.165, 1.54) is 18.0 Å². The number of carbonyl (C=O) groups is 1. The van der Waals surface area contributed by atoms with Crippen molar-refractivity contribution in [3.8, 4) is 5.75 Å². The van der Waals surface area contributed by atoms with Gasteiger partial charge in [0.25, 0.3) is 5.91 Å². The Bertz CT molecular complexity index is 814. The first-order chi connectivity index (χ1) is 14.0. The molecule has 1 unspecified atom stereocenters. The van der Waals surface area contributed by atoms with Crippen LogP contribution in [0.4, 0.5) is 0 Å². The number of aromatic nitrogens is 1. The number of ether oxygens (including phenoxy) is 1. The first-order valence-electron chi connectivity index (χ1n) is 10.1. The second-order valence-electron chi connectivity index (χ2n) is 7.58. The third-order valence-corrected chi connectivity index (χ3v) is 5.31. The lowest BCUT2D eigenvalue weighted by molar-refractivity contribution is -0.605. The van der Waals surface area contributed by atoms with Crippen LogP contribution in [0.25, 0.3) is 0 Å². The Morgan fingerprint density at radius 3 is 2.90 bits per heavy atom. The number of para-hydroxylation sites is 1. The fourth-order valence-corrected chi connectivity index (χ4v) is 3.43. The molecule has 0 spiro atoms. The van der Waals surface area contributed by atoms with Gasteiger partial charge in [-0.25, -0.2) is 0 Å². The van der Waals surface area contributed by atoms with Crippen LogP contribution in [0.5, 0.6) is 5.75 Å². The highest BCUT2D eigenvalue weighted by Crippen LogP contribution is 2.21. The molecule has 156 valence electrons. The average Bonchev–Trinajstić information content (AvgIpc) is 2.71. The number of carbonyl (C=O) groups excluding carboxylic acids is 1. The molecule has 3 rings (SSSR count). The zero-order valence-corrected chi connectivity index (χ0v) is 17.2. The van der Waals surface area contributed by atoms with E-state index >= 15 is 0 Å². The minimum atomic E-state index is -0.250. The van der Waals surface area contributed by atoms with Crippen molar-refractivity contribution in [2.45, 2.75) is 25.9 Å². The van der Waals surface area contributed by atoms with Crippen molar-refractivity contribution in [3.05, 3.63) is 65.1 Å². The van der Waals surface area contributed by atoms with Crippen LogP contribution in [-0.4, -0.2) is 61.6 Å². The highest BCUT2D eigenvalue weighted by molar-refractivity contribution is 5.93. The quantitative estimate of drug-likeness (QED) is 0.416. The zero-order valence-electron chi connectivity index (χ0n) is 17.2. The summed E-state index contributed by atoms with van der Waals surface area (Å²) in [6.07, 6.45) is 3.31. The van der Waals surface area contributed by atoms with Gasteiger partial charge in [-0.3, -0.25) is 9.69 Å². The van der Waals surface area contributed by atoms with Crippen molar-refractivity contribution in [1.82, 2.24) is 15.1 Å². The highest BCUT2D eigenvalue weighted by Gasteiger charge is 2.21. The van der Waals surface area contributed by atoms with E-state index in [-0.39, 0.29) is 5.91 Å². The third kappa shape index (κ3) is 6.17. The normalized spacial score (nSPS) is 17.8. The molecule has 1 amide bonds. The predicted molar refractivity (Wildman–Crippen MR) is 112 cm³/mol. The van der Waals surface area contributed by atoms with Crippen molar-refractivity contribution < 1.29 is 14.3 Å². The maximum atomic E-state index is 12.0. The summed E-state index contributed by atoms with van der Waals surface area (Å²) in [5, 5.41) is 14.1. The molecule has 1 aliphatic rings. The number of amides is 1. The Morgan fingerprint density at radius 2 is 2.10 bits per heavy atom. The fourth-order valence-electron chi connectivity index (χ4n) is 3.43. The molecule has 1 N–H and O–H groups in total. The lowest BCUT2D eigenvalue weighted by Crippen LogP contribution is -2.49. The molecule has 7 nitrogen and oxygen atoms in total. The second-order valence-corrected chi connectivity index (χ2v) is 7.58.